The number of hydrogen-bond acceptors (Lipinski definition) is 6. The highest BCUT2D eigenvalue weighted by molar-refractivity contribution is 5.74. The van der Waals surface area contributed by atoms with E-state index in [-0.39, 0.29) is 58.1 Å². The fourth-order valence-electron chi connectivity index (χ4n) is 4.04. The van der Waals surface area contributed by atoms with Gasteiger partial charge in [-0.3, -0.25) is 4.90 Å². The number of carbonyl (C=O) groups is 2. The summed E-state index contributed by atoms with van der Waals surface area (Å²) in [4.78, 5) is 26.7. The van der Waals surface area contributed by atoms with Crippen LogP contribution in [-0.4, -0.2) is 97.4 Å². The summed E-state index contributed by atoms with van der Waals surface area (Å²) >= 11 is 0. The van der Waals surface area contributed by atoms with Gasteiger partial charge in [-0.25, -0.2) is 9.59 Å². The van der Waals surface area contributed by atoms with Crippen LogP contribution < -0.4 is 4.90 Å². The van der Waals surface area contributed by atoms with E-state index in [0.717, 1.165) is 6.07 Å². The molecule has 38 heavy (non-hydrogen) atoms. The second kappa shape index (κ2) is 11.0. The van der Waals surface area contributed by atoms with Crippen molar-refractivity contribution in [1.82, 2.24) is 9.80 Å². The molecule has 2 saturated heterocycles. The number of ether oxygens (including phenoxy) is 2. The van der Waals surface area contributed by atoms with E-state index in [2.05, 4.69) is 4.74 Å². The minimum absolute atomic E-state index is 0.00714. The number of carbonyl (C=O) groups excluding carboxylic acids is 1. The van der Waals surface area contributed by atoms with Crippen LogP contribution in [0.3, 0.4) is 0 Å². The number of benzene rings is 1. The Morgan fingerprint density at radius 3 is 2.11 bits per heavy atom. The summed E-state index contributed by atoms with van der Waals surface area (Å²) in [6.45, 7) is -0.946. The van der Waals surface area contributed by atoms with Crippen molar-refractivity contribution in [2.45, 2.75) is 37.3 Å². The van der Waals surface area contributed by atoms with Crippen molar-refractivity contribution in [3.05, 3.63) is 29.3 Å². The van der Waals surface area contributed by atoms with Gasteiger partial charge in [0.1, 0.15) is 0 Å². The standard InChI is InChI=1S/C21H22F9N3O5/c22-19(23,24)13-2-1-12(9-14(13)33-7-8-37-15(11-33)16(34)35)10-31-3-5-32(6-4-31)18(36)38-17(20(25,26)27)21(28,29)30/h1-2,9,15,17H,3-8,10-11H2,(H,34,35). The molecule has 3 rings (SSSR count). The molecule has 8 nitrogen and oxygen atoms in total. The predicted octanol–water partition coefficient (Wildman–Crippen LogP) is 3.74. The Morgan fingerprint density at radius 1 is 0.974 bits per heavy atom. The van der Waals surface area contributed by atoms with E-state index >= 15 is 0 Å². The van der Waals surface area contributed by atoms with Crippen LogP contribution in [0.25, 0.3) is 0 Å². The van der Waals surface area contributed by atoms with Crippen molar-refractivity contribution in [1.29, 1.82) is 0 Å². The molecule has 2 aliphatic rings. The monoisotopic (exact) mass is 567 g/mol. The number of piperazine rings is 1. The number of carboxylic acids is 1. The molecular formula is C21H22F9N3O5. The molecule has 2 fully saturated rings. The van der Waals surface area contributed by atoms with Crippen molar-refractivity contribution >= 4 is 17.7 Å². The molecule has 0 bridgehead atoms. The van der Waals surface area contributed by atoms with Gasteiger partial charge < -0.3 is 24.4 Å². The molecule has 214 valence electrons. The molecule has 0 spiro atoms. The minimum Gasteiger partial charge on any atom is -0.479 e. The van der Waals surface area contributed by atoms with Crippen LogP contribution >= 0.6 is 0 Å². The molecule has 1 aromatic rings. The SMILES string of the molecule is O=C(O)C1CN(c2cc(CN3CCN(C(=O)OC(C(F)(F)F)C(F)(F)F)CC3)ccc2C(F)(F)F)CCO1. The van der Waals surface area contributed by atoms with Crippen LogP contribution in [0.1, 0.15) is 11.1 Å². The highest BCUT2D eigenvalue weighted by Crippen LogP contribution is 2.38. The van der Waals surface area contributed by atoms with Crippen LogP contribution in [0.4, 0.5) is 50.0 Å². The third kappa shape index (κ3) is 7.33. The van der Waals surface area contributed by atoms with E-state index in [1.165, 1.54) is 17.0 Å². The normalized spacial score (nSPS) is 20.1. The number of rotatable bonds is 5. The van der Waals surface area contributed by atoms with E-state index in [1.807, 2.05) is 0 Å². The van der Waals surface area contributed by atoms with Gasteiger partial charge in [-0.1, -0.05) is 6.07 Å². The maximum Gasteiger partial charge on any atom is 0.434 e. The van der Waals surface area contributed by atoms with Gasteiger partial charge in [0.05, 0.1) is 18.7 Å². The van der Waals surface area contributed by atoms with Gasteiger partial charge >= 0.3 is 30.6 Å². The van der Waals surface area contributed by atoms with Gasteiger partial charge in [0.15, 0.2) is 6.10 Å². The highest BCUT2D eigenvalue weighted by atomic mass is 19.4. The predicted molar refractivity (Wildman–Crippen MR) is 110 cm³/mol. The first kappa shape index (κ1) is 29.6. The minimum atomic E-state index is -5.85. The molecule has 2 heterocycles. The molecule has 0 saturated carbocycles. The van der Waals surface area contributed by atoms with Crippen molar-refractivity contribution in [2.75, 3.05) is 50.8 Å². The molecular weight excluding hydrogens is 545 g/mol. The first-order chi connectivity index (χ1) is 17.5. The van der Waals surface area contributed by atoms with Crippen molar-refractivity contribution in [3.8, 4) is 0 Å². The summed E-state index contributed by atoms with van der Waals surface area (Å²) in [6.07, 6.45) is -23.8. The first-order valence-electron chi connectivity index (χ1n) is 11.1. The van der Waals surface area contributed by atoms with Gasteiger partial charge in [-0.2, -0.15) is 39.5 Å². The molecule has 0 radical (unpaired) electrons. The summed E-state index contributed by atoms with van der Waals surface area (Å²) in [7, 11) is 0. The molecule has 2 aliphatic heterocycles. The Balaban J connectivity index is 1.67. The number of hydrogen-bond donors (Lipinski definition) is 1. The number of halogens is 9. The quantitative estimate of drug-likeness (QED) is 0.543. The van der Waals surface area contributed by atoms with Crippen molar-refractivity contribution in [3.63, 3.8) is 0 Å². The Labute approximate surface area is 209 Å². The molecule has 1 N–H and O–H groups in total. The van der Waals surface area contributed by atoms with Crippen molar-refractivity contribution in [2.24, 2.45) is 0 Å². The first-order valence-corrected chi connectivity index (χ1v) is 11.1. The van der Waals surface area contributed by atoms with E-state index in [4.69, 9.17) is 9.84 Å². The lowest BCUT2D eigenvalue weighted by molar-refractivity contribution is -0.308. The van der Waals surface area contributed by atoms with Crippen molar-refractivity contribution < 1.29 is 63.7 Å². The third-order valence-electron chi connectivity index (χ3n) is 5.90. The smallest absolute Gasteiger partial charge is 0.434 e. The Hall–Kier alpha value is -2.95. The summed E-state index contributed by atoms with van der Waals surface area (Å²) < 4.78 is 125. The van der Waals surface area contributed by atoms with Gasteiger partial charge in [0.2, 0.25) is 0 Å². The van der Waals surface area contributed by atoms with Gasteiger partial charge in [0, 0.05) is 45.0 Å². The lowest BCUT2D eigenvalue weighted by Gasteiger charge is -2.36. The second-order valence-electron chi connectivity index (χ2n) is 8.60. The zero-order valence-electron chi connectivity index (χ0n) is 19.4. The molecule has 17 heteroatoms. The Morgan fingerprint density at radius 2 is 1.58 bits per heavy atom. The van der Waals surface area contributed by atoms with Crippen LogP contribution in [0.15, 0.2) is 18.2 Å². The van der Waals surface area contributed by atoms with E-state index in [0.29, 0.717) is 10.5 Å². The summed E-state index contributed by atoms with van der Waals surface area (Å²) in [5, 5.41) is 9.16. The molecule has 0 aliphatic carbocycles. The maximum absolute atomic E-state index is 13.6. The van der Waals surface area contributed by atoms with Gasteiger partial charge in [0.25, 0.3) is 6.10 Å². The van der Waals surface area contributed by atoms with Gasteiger partial charge in [-0.15, -0.1) is 0 Å². The summed E-state index contributed by atoms with van der Waals surface area (Å²) in [6, 6.07) is 3.29. The number of aliphatic carboxylic acids is 1. The maximum atomic E-state index is 13.6. The molecule has 0 aromatic heterocycles. The molecule has 1 aromatic carbocycles. The fraction of sp³-hybridized carbons (Fsp3) is 0.619. The van der Waals surface area contributed by atoms with Gasteiger partial charge in [-0.05, 0) is 17.7 Å². The lowest BCUT2D eigenvalue weighted by Crippen LogP contribution is -2.52. The number of carboxylic acid groups (broad SMARTS) is 1. The molecule has 1 unspecified atom stereocenters. The zero-order valence-corrected chi connectivity index (χ0v) is 19.4. The average Bonchev–Trinajstić information content (AvgIpc) is 2.80. The molecule has 1 atom stereocenters. The van der Waals surface area contributed by atoms with E-state index < -0.39 is 48.4 Å². The largest absolute Gasteiger partial charge is 0.479 e. The number of nitrogens with zero attached hydrogens (tertiary/aromatic N) is 3. The Kier molecular flexibility index (Phi) is 8.60. The van der Waals surface area contributed by atoms with Crippen LogP contribution in [0, 0.1) is 0 Å². The van der Waals surface area contributed by atoms with Crippen LogP contribution in [0.2, 0.25) is 0 Å². The van der Waals surface area contributed by atoms with Crippen LogP contribution in [-0.2, 0) is 27.0 Å². The topological polar surface area (TPSA) is 82.6 Å². The highest BCUT2D eigenvalue weighted by Gasteiger charge is 2.60. The number of alkyl halides is 9. The zero-order chi connectivity index (χ0) is 28.5. The lowest BCUT2D eigenvalue weighted by atomic mass is 10.1. The average molecular weight is 567 g/mol. The number of amides is 1. The Bertz CT molecular complexity index is 994. The van der Waals surface area contributed by atoms with Crippen LogP contribution in [0.5, 0.6) is 0 Å². The third-order valence-corrected chi connectivity index (χ3v) is 5.90. The number of morpholine rings is 1. The second-order valence-corrected chi connectivity index (χ2v) is 8.60. The summed E-state index contributed by atoms with van der Waals surface area (Å²) in [5.41, 5.74) is -0.850. The van der Waals surface area contributed by atoms with E-state index in [1.54, 1.807) is 4.90 Å². The van der Waals surface area contributed by atoms with E-state index in [9.17, 15) is 49.1 Å². The number of anilines is 1. The summed E-state index contributed by atoms with van der Waals surface area (Å²) in [5.74, 6) is -1.33. The fourth-order valence-corrected chi connectivity index (χ4v) is 4.04. The molecule has 1 amide bonds.